The first-order valence-electron chi connectivity index (χ1n) is 10.4. The summed E-state index contributed by atoms with van der Waals surface area (Å²) in [6.45, 7) is -0.483. The van der Waals surface area contributed by atoms with Crippen molar-refractivity contribution in [1.29, 1.82) is 0 Å². The molecule has 1 saturated carbocycles. The van der Waals surface area contributed by atoms with Crippen LogP contribution in [0.3, 0.4) is 0 Å². The highest BCUT2D eigenvalue weighted by atomic mass is 32.2. The maximum atomic E-state index is 13.1. The first kappa shape index (κ1) is 21.7. The van der Waals surface area contributed by atoms with Gasteiger partial charge in [-0.25, -0.2) is 17.9 Å². The fraction of sp³-hybridized carbons (Fsp3) is 0.167. The monoisotopic (exact) mass is 480 g/mol. The second kappa shape index (κ2) is 8.66. The van der Waals surface area contributed by atoms with Crippen LogP contribution in [0.15, 0.2) is 87.5 Å². The number of anilines is 2. The lowest BCUT2D eigenvalue weighted by molar-refractivity contribution is -0.121. The maximum absolute atomic E-state index is 13.1. The maximum Gasteiger partial charge on any atom is 0.338 e. The molecule has 33 heavy (non-hydrogen) atoms. The number of fused-ring (bicyclic) bond motifs is 2. The van der Waals surface area contributed by atoms with E-state index in [1.54, 1.807) is 16.7 Å². The number of nitrogens with zero attached hydrogens (tertiary/aromatic N) is 1. The topological polar surface area (TPSA) is 92.8 Å². The van der Waals surface area contributed by atoms with Crippen molar-refractivity contribution in [3.8, 4) is 0 Å². The molecule has 2 aliphatic rings. The lowest BCUT2D eigenvalue weighted by atomic mass is 10.2. The van der Waals surface area contributed by atoms with E-state index in [4.69, 9.17) is 4.74 Å². The van der Waals surface area contributed by atoms with Crippen LogP contribution in [0.1, 0.15) is 23.2 Å². The smallest absolute Gasteiger partial charge is 0.338 e. The number of rotatable bonds is 6. The summed E-state index contributed by atoms with van der Waals surface area (Å²) in [5.74, 6) is -1.16. The van der Waals surface area contributed by atoms with Crippen LogP contribution < -0.4 is 9.62 Å². The van der Waals surface area contributed by atoms with Crippen LogP contribution in [0, 0.1) is 0 Å². The third-order valence-electron chi connectivity index (χ3n) is 5.29. The minimum absolute atomic E-state index is 0.00825. The van der Waals surface area contributed by atoms with Crippen molar-refractivity contribution in [3.05, 3.63) is 78.4 Å². The first-order valence-corrected chi connectivity index (χ1v) is 12.7. The number of nitrogens with one attached hydrogen (secondary N) is 1. The zero-order valence-electron chi connectivity index (χ0n) is 17.4. The number of ether oxygens (including phenoxy) is 1. The molecule has 0 unspecified atom stereocenters. The largest absolute Gasteiger partial charge is 0.452 e. The molecular formula is C24H20N2O5S2. The molecule has 0 saturated heterocycles. The van der Waals surface area contributed by atoms with Gasteiger partial charge in [-0.3, -0.25) is 9.69 Å². The lowest BCUT2D eigenvalue weighted by Crippen LogP contribution is -2.32. The molecule has 0 radical (unpaired) electrons. The van der Waals surface area contributed by atoms with E-state index < -0.39 is 28.5 Å². The van der Waals surface area contributed by atoms with Crippen LogP contribution >= 0.6 is 11.8 Å². The van der Waals surface area contributed by atoms with Crippen LogP contribution in [-0.4, -0.2) is 32.9 Å². The summed E-state index contributed by atoms with van der Waals surface area (Å²) in [6, 6.07) is 20.7. The average Bonchev–Trinajstić information content (AvgIpc) is 3.64. The second-order valence-corrected chi connectivity index (χ2v) is 10.6. The van der Waals surface area contributed by atoms with Crippen LogP contribution in [0.5, 0.6) is 0 Å². The third kappa shape index (κ3) is 4.52. The SMILES string of the molecule is O=C(OCC(=O)N1c2ccccc2Sc2ccccc21)c1cccc(S(=O)(=O)NC2CC2)c1. The number of hydrogen-bond donors (Lipinski definition) is 1. The summed E-state index contributed by atoms with van der Waals surface area (Å²) in [5.41, 5.74) is 1.51. The van der Waals surface area contributed by atoms with Crippen LogP contribution in [-0.2, 0) is 19.6 Å². The van der Waals surface area contributed by atoms with Crippen LogP contribution in [0.2, 0.25) is 0 Å². The Kier molecular flexibility index (Phi) is 5.69. The standard InChI is InChI=1S/C24H20N2O5S2/c27-23(26-19-8-1-3-10-21(19)32-22-11-4-2-9-20(22)26)15-31-24(28)16-6-5-7-18(14-16)33(29,30)25-17-12-13-17/h1-11,14,17,25H,12-13,15H2. The molecule has 3 aromatic carbocycles. The number of carbonyl (C=O) groups excluding carboxylic acids is 2. The molecule has 1 fully saturated rings. The molecular weight excluding hydrogens is 460 g/mol. The Morgan fingerprint density at radius 3 is 2.21 bits per heavy atom. The zero-order chi connectivity index (χ0) is 23.0. The molecule has 1 aliphatic heterocycles. The summed E-state index contributed by atoms with van der Waals surface area (Å²) in [6.07, 6.45) is 1.62. The van der Waals surface area contributed by atoms with E-state index in [0.717, 1.165) is 34.0 Å². The molecule has 1 heterocycles. The minimum Gasteiger partial charge on any atom is -0.452 e. The number of esters is 1. The second-order valence-electron chi connectivity index (χ2n) is 7.77. The molecule has 1 amide bonds. The summed E-state index contributed by atoms with van der Waals surface area (Å²) in [7, 11) is -3.70. The summed E-state index contributed by atoms with van der Waals surface area (Å²) in [4.78, 5) is 29.2. The number of para-hydroxylation sites is 2. The van der Waals surface area contributed by atoms with Gasteiger partial charge in [-0.05, 0) is 55.3 Å². The van der Waals surface area contributed by atoms with Gasteiger partial charge in [0.05, 0.1) is 21.8 Å². The Hall–Kier alpha value is -3.14. The average molecular weight is 481 g/mol. The van der Waals surface area contributed by atoms with Gasteiger partial charge < -0.3 is 4.74 Å². The third-order valence-corrected chi connectivity index (χ3v) is 7.94. The van der Waals surface area contributed by atoms with Crippen molar-refractivity contribution in [2.45, 2.75) is 33.6 Å². The Balaban J connectivity index is 1.33. The fourth-order valence-corrected chi connectivity index (χ4v) is 5.94. The van der Waals surface area contributed by atoms with E-state index in [1.165, 1.54) is 24.3 Å². The number of carbonyl (C=O) groups is 2. The summed E-state index contributed by atoms with van der Waals surface area (Å²) < 4.78 is 32.7. The number of hydrogen-bond acceptors (Lipinski definition) is 6. The number of sulfonamides is 1. The van der Waals surface area contributed by atoms with E-state index in [-0.39, 0.29) is 16.5 Å². The van der Waals surface area contributed by atoms with Crippen LogP contribution in [0.4, 0.5) is 11.4 Å². The van der Waals surface area contributed by atoms with Crippen molar-refractivity contribution in [1.82, 2.24) is 4.72 Å². The van der Waals surface area contributed by atoms with Gasteiger partial charge >= 0.3 is 5.97 Å². The minimum atomic E-state index is -3.70. The molecule has 0 aromatic heterocycles. The van der Waals surface area contributed by atoms with Gasteiger partial charge in [-0.1, -0.05) is 42.1 Å². The molecule has 9 heteroatoms. The quantitative estimate of drug-likeness (QED) is 0.534. The molecule has 5 rings (SSSR count). The highest BCUT2D eigenvalue weighted by Gasteiger charge is 2.30. The van der Waals surface area contributed by atoms with Gasteiger partial charge in [0.1, 0.15) is 0 Å². The van der Waals surface area contributed by atoms with Gasteiger partial charge in [0, 0.05) is 15.8 Å². The predicted molar refractivity (Wildman–Crippen MR) is 124 cm³/mol. The van der Waals surface area contributed by atoms with Crippen molar-refractivity contribution in [2.24, 2.45) is 0 Å². The Bertz CT molecular complexity index is 1310. The molecule has 1 aliphatic carbocycles. The Morgan fingerprint density at radius 1 is 0.939 bits per heavy atom. The molecule has 0 atom stereocenters. The highest BCUT2D eigenvalue weighted by molar-refractivity contribution is 7.99. The van der Waals surface area contributed by atoms with Gasteiger partial charge in [0.15, 0.2) is 6.61 Å². The van der Waals surface area contributed by atoms with E-state index in [1.807, 2.05) is 48.5 Å². The predicted octanol–water partition coefficient (Wildman–Crippen LogP) is 4.11. The van der Waals surface area contributed by atoms with E-state index in [2.05, 4.69) is 4.72 Å². The van der Waals surface area contributed by atoms with Crippen LogP contribution in [0.25, 0.3) is 0 Å². The molecule has 168 valence electrons. The summed E-state index contributed by atoms with van der Waals surface area (Å²) >= 11 is 1.57. The molecule has 0 spiro atoms. The zero-order valence-corrected chi connectivity index (χ0v) is 19.1. The van der Waals surface area contributed by atoms with Crippen molar-refractivity contribution >= 4 is 45.0 Å². The van der Waals surface area contributed by atoms with Gasteiger partial charge in [-0.2, -0.15) is 0 Å². The number of benzene rings is 3. The number of amides is 1. The summed E-state index contributed by atoms with van der Waals surface area (Å²) in [5, 5.41) is 0. The van der Waals surface area contributed by atoms with Gasteiger partial charge in [0.2, 0.25) is 10.0 Å². The normalized spacial score (nSPS) is 14.8. The van der Waals surface area contributed by atoms with Crippen molar-refractivity contribution < 1.29 is 22.7 Å². The molecule has 1 N–H and O–H groups in total. The van der Waals surface area contributed by atoms with E-state index in [0.29, 0.717) is 0 Å². The fourth-order valence-electron chi connectivity index (χ4n) is 3.53. The molecule has 0 bridgehead atoms. The lowest BCUT2D eigenvalue weighted by Gasteiger charge is -2.30. The van der Waals surface area contributed by atoms with Crippen molar-refractivity contribution in [2.75, 3.05) is 11.5 Å². The van der Waals surface area contributed by atoms with Gasteiger partial charge in [-0.15, -0.1) is 0 Å². The Labute approximate surface area is 195 Å². The van der Waals surface area contributed by atoms with E-state index >= 15 is 0 Å². The molecule has 7 nitrogen and oxygen atoms in total. The molecule has 3 aromatic rings. The Morgan fingerprint density at radius 2 is 1.58 bits per heavy atom. The van der Waals surface area contributed by atoms with Crippen molar-refractivity contribution in [3.63, 3.8) is 0 Å². The van der Waals surface area contributed by atoms with Gasteiger partial charge in [0.25, 0.3) is 5.91 Å². The first-order chi connectivity index (χ1) is 15.9. The highest BCUT2D eigenvalue weighted by Crippen LogP contribution is 2.47. The van der Waals surface area contributed by atoms with E-state index in [9.17, 15) is 18.0 Å².